The smallest absolute Gasteiger partial charge is 0.263 e. The zero-order valence-corrected chi connectivity index (χ0v) is 19.1. The average molecular weight is 488 g/mol. The molecule has 0 radical (unpaired) electrons. The Morgan fingerprint density at radius 3 is 2.36 bits per heavy atom. The molecule has 1 fully saturated rings. The van der Waals surface area contributed by atoms with Gasteiger partial charge in [-0.1, -0.05) is 29.8 Å². The number of carbonyl (C=O) groups excluding carboxylic acids is 1. The zero-order chi connectivity index (χ0) is 23.4. The molecule has 9 nitrogen and oxygen atoms in total. The SMILES string of the molecule is O=C(C(O)c1ccccc1Cl)N1CCN(c2ccc(S(=O)(=O)Nc3ccncn3)cc2)CC1. The molecular formula is C22H22ClN5O4S. The molecule has 33 heavy (non-hydrogen) atoms. The van der Waals surface area contributed by atoms with Crippen molar-refractivity contribution in [3.05, 3.63) is 77.7 Å². The highest BCUT2D eigenvalue weighted by Crippen LogP contribution is 2.26. The van der Waals surface area contributed by atoms with Crippen LogP contribution in [0, 0.1) is 0 Å². The Bertz CT molecular complexity index is 1220. The maximum absolute atomic E-state index is 12.7. The van der Waals surface area contributed by atoms with Crippen LogP contribution in [0.5, 0.6) is 0 Å². The first-order valence-corrected chi connectivity index (χ1v) is 12.1. The van der Waals surface area contributed by atoms with Crippen molar-refractivity contribution < 1.29 is 18.3 Å². The van der Waals surface area contributed by atoms with Gasteiger partial charge >= 0.3 is 0 Å². The van der Waals surface area contributed by atoms with Crippen LogP contribution in [-0.4, -0.2) is 60.5 Å². The van der Waals surface area contributed by atoms with Gasteiger partial charge < -0.3 is 14.9 Å². The minimum absolute atomic E-state index is 0.113. The van der Waals surface area contributed by atoms with E-state index in [9.17, 15) is 18.3 Å². The lowest BCUT2D eigenvalue weighted by Gasteiger charge is -2.37. The monoisotopic (exact) mass is 487 g/mol. The van der Waals surface area contributed by atoms with Gasteiger partial charge in [0, 0.05) is 48.6 Å². The molecule has 1 aromatic heterocycles. The minimum atomic E-state index is -3.77. The molecule has 3 aromatic rings. The molecule has 0 spiro atoms. The Balaban J connectivity index is 1.37. The third-order valence-electron chi connectivity index (χ3n) is 5.36. The first-order chi connectivity index (χ1) is 15.8. The quantitative estimate of drug-likeness (QED) is 0.548. The van der Waals surface area contributed by atoms with Crippen LogP contribution in [-0.2, 0) is 14.8 Å². The predicted molar refractivity (Wildman–Crippen MR) is 124 cm³/mol. The van der Waals surface area contributed by atoms with E-state index in [4.69, 9.17) is 11.6 Å². The van der Waals surface area contributed by atoms with Crippen molar-refractivity contribution in [1.29, 1.82) is 0 Å². The zero-order valence-electron chi connectivity index (χ0n) is 17.5. The van der Waals surface area contributed by atoms with Crippen LogP contribution < -0.4 is 9.62 Å². The summed E-state index contributed by atoms with van der Waals surface area (Å²) in [5.41, 5.74) is 1.23. The minimum Gasteiger partial charge on any atom is -0.378 e. The van der Waals surface area contributed by atoms with Crippen LogP contribution >= 0.6 is 11.6 Å². The van der Waals surface area contributed by atoms with E-state index < -0.39 is 16.1 Å². The largest absolute Gasteiger partial charge is 0.378 e. The predicted octanol–water partition coefficient (Wildman–Crippen LogP) is 2.31. The maximum Gasteiger partial charge on any atom is 0.263 e. The summed E-state index contributed by atoms with van der Waals surface area (Å²) in [7, 11) is -3.77. The van der Waals surface area contributed by atoms with E-state index in [0.717, 1.165) is 5.69 Å². The van der Waals surface area contributed by atoms with Gasteiger partial charge in [-0.05, 0) is 36.4 Å². The number of nitrogens with zero attached hydrogens (tertiary/aromatic N) is 4. The number of hydrogen-bond donors (Lipinski definition) is 2. The lowest BCUT2D eigenvalue weighted by Crippen LogP contribution is -2.50. The second-order valence-electron chi connectivity index (χ2n) is 7.43. The van der Waals surface area contributed by atoms with Crippen LogP contribution in [0.2, 0.25) is 5.02 Å². The number of aromatic nitrogens is 2. The van der Waals surface area contributed by atoms with Crippen molar-refractivity contribution in [2.45, 2.75) is 11.0 Å². The average Bonchev–Trinajstić information content (AvgIpc) is 2.84. The fraction of sp³-hybridized carbons (Fsp3) is 0.227. The van der Waals surface area contributed by atoms with Gasteiger partial charge in [0.2, 0.25) is 0 Å². The maximum atomic E-state index is 12.7. The van der Waals surface area contributed by atoms with Gasteiger partial charge in [0.15, 0.2) is 6.10 Å². The van der Waals surface area contributed by atoms with Crippen molar-refractivity contribution in [2.24, 2.45) is 0 Å². The van der Waals surface area contributed by atoms with Crippen LogP contribution in [0.15, 0.2) is 72.0 Å². The van der Waals surface area contributed by atoms with Crippen molar-refractivity contribution in [3.63, 3.8) is 0 Å². The van der Waals surface area contributed by atoms with Crippen molar-refractivity contribution in [1.82, 2.24) is 14.9 Å². The van der Waals surface area contributed by atoms with E-state index in [-0.39, 0.29) is 16.6 Å². The summed E-state index contributed by atoms with van der Waals surface area (Å²) >= 11 is 6.10. The molecule has 1 unspecified atom stereocenters. The summed E-state index contributed by atoms with van der Waals surface area (Å²) in [5.74, 6) is -0.200. The fourth-order valence-electron chi connectivity index (χ4n) is 3.57. The molecule has 1 aliphatic rings. The number of halogens is 1. The summed E-state index contributed by atoms with van der Waals surface area (Å²) in [6, 6.07) is 14.7. The standard InChI is InChI=1S/C22H22ClN5O4S/c23-19-4-2-1-3-18(19)21(29)22(30)28-13-11-27(12-14-28)16-5-7-17(8-6-16)33(31,32)26-20-9-10-24-15-25-20/h1-10,15,21,29H,11-14H2,(H,24,25,26). The summed E-state index contributed by atoms with van der Waals surface area (Å²) in [5, 5.41) is 10.8. The summed E-state index contributed by atoms with van der Waals surface area (Å²) in [6.45, 7) is 1.95. The normalized spacial score (nSPS) is 15.2. The molecule has 0 bridgehead atoms. The molecule has 1 aliphatic heterocycles. The number of aliphatic hydroxyl groups excluding tert-OH is 1. The lowest BCUT2D eigenvalue weighted by molar-refractivity contribution is -0.140. The lowest BCUT2D eigenvalue weighted by atomic mass is 10.1. The van der Waals surface area contributed by atoms with Crippen molar-refractivity contribution in [3.8, 4) is 0 Å². The summed E-state index contributed by atoms with van der Waals surface area (Å²) in [6.07, 6.45) is 1.40. The highest BCUT2D eigenvalue weighted by atomic mass is 35.5. The van der Waals surface area contributed by atoms with Gasteiger partial charge in [-0.3, -0.25) is 9.52 Å². The number of amides is 1. The van der Waals surface area contributed by atoms with Gasteiger partial charge in [-0.25, -0.2) is 18.4 Å². The van der Waals surface area contributed by atoms with E-state index in [1.165, 1.54) is 30.7 Å². The fourth-order valence-corrected chi connectivity index (χ4v) is 4.82. The Morgan fingerprint density at radius 2 is 1.73 bits per heavy atom. The number of sulfonamides is 1. The summed E-state index contributed by atoms with van der Waals surface area (Å²) < 4.78 is 27.5. The van der Waals surface area contributed by atoms with Crippen molar-refractivity contribution in [2.75, 3.05) is 35.8 Å². The van der Waals surface area contributed by atoms with E-state index >= 15 is 0 Å². The number of piperazine rings is 1. The first kappa shape index (κ1) is 23.0. The van der Waals surface area contributed by atoms with Crippen LogP contribution in [0.25, 0.3) is 0 Å². The van der Waals surface area contributed by atoms with Gasteiger partial charge in [-0.15, -0.1) is 0 Å². The molecule has 2 aromatic carbocycles. The van der Waals surface area contributed by atoms with Gasteiger partial charge in [0.05, 0.1) is 4.90 Å². The molecule has 11 heteroatoms. The number of nitrogens with one attached hydrogen (secondary N) is 1. The van der Waals surface area contributed by atoms with E-state index in [1.807, 2.05) is 0 Å². The highest BCUT2D eigenvalue weighted by molar-refractivity contribution is 7.92. The topological polar surface area (TPSA) is 116 Å². The molecule has 4 rings (SSSR count). The number of hydrogen-bond acceptors (Lipinski definition) is 7. The van der Waals surface area contributed by atoms with Crippen molar-refractivity contribution >= 4 is 39.0 Å². The second kappa shape index (κ2) is 9.74. The molecule has 1 atom stereocenters. The Hall–Kier alpha value is -3.21. The summed E-state index contributed by atoms with van der Waals surface area (Å²) in [4.78, 5) is 24.1. The highest BCUT2D eigenvalue weighted by Gasteiger charge is 2.28. The molecule has 1 amide bonds. The molecule has 0 aliphatic carbocycles. The molecule has 0 saturated carbocycles. The number of benzene rings is 2. The van der Waals surface area contributed by atoms with Gasteiger partial charge in [-0.2, -0.15) is 0 Å². The Kier molecular flexibility index (Phi) is 6.77. The third-order valence-corrected chi connectivity index (χ3v) is 7.07. The van der Waals surface area contributed by atoms with Gasteiger partial charge in [0.25, 0.3) is 15.9 Å². The second-order valence-corrected chi connectivity index (χ2v) is 9.52. The van der Waals surface area contributed by atoms with Gasteiger partial charge in [0.1, 0.15) is 12.1 Å². The van der Waals surface area contributed by atoms with E-state index in [2.05, 4.69) is 19.6 Å². The third kappa shape index (κ3) is 5.24. The Labute approximate surface area is 196 Å². The first-order valence-electron chi connectivity index (χ1n) is 10.2. The molecule has 172 valence electrons. The Morgan fingerprint density at radius 1 is 1.03 bits per heavy atom. The molecule has 1 saturated heterocycles. The molecule has 2 N–H and O–H groups in total. The molecular weight excluding hydrogens is 466 g/mol. The van der Waals surface area contributed by atoms with E-state index in [0.29, 0.717) is 36.8 Å². The van der Waals surface area contributed by atoms with Crippen LogP contribution in [0.3, 0.4) is 0 Å². The number of anilines is 2. The van der Waals surface area contributed by atoms with Crippen LogP contribution in [0.4, 0.5) is 11.5 Å². The number of rotatable bonds is 6. The molecule has 2 heterocycles. The van der Waals surface area contributed by atoms with E-state index in [1.54, 1.807) is 41.3 Å². The number of aliphatic hydroxyl groups is 1. The van der Waals surface area contributed by atoms with Crippen LogP contribution in [0.1, 0.15) is 11.7 Å². The number of carbonyl (C=O) groups is 1.